The monoisotopic (exact) mass is 564 g/mol. The van der Waals surface area contributed by atoms with E-state index in [0.717, 1.165) is 16.9 Å². The second kappa shape index (κ2) is 10.3. The molecular weight excluding hydrogens is 546 g/mol. The number of hydrogen-bond donors (Lipinski definition) is 1. The molecule has 0 atom stereocenters. The van der Waals surface area contributed by atoms with E-state index in [1.54, 1.807) is 54.6 Å². The minimum Gasteiger partial charge on any atom is -0.268 e. The number of thiol groups is 1. The van der Waals surface area contributed by atoms with Gasteiger partial charge in [0.2, 0.25) is 4.34 Å². The molecule has 0 aliphatic carbocycles. The zero-order valence-electron chi connectivity index (χ0n) is 20.5. The third-order valence-corrected chi connectivity index (χ3v) is 7.47. The van der Waals surface area contributed by atoms with Crippen LogP contribution >= 0.6 is 24.0 Å². The summed E-state index contributed by atoms with van der Waals surface area (Å²) in [6.45, 7) is 0. The lowest BCUT2D eigenvalue weighted by Crippen LogP contribution is -2.46. The standard InChI is InChI=1S/C29H17N5O4S2/c35-26(33-28(40-29(39)31-33)20-9-6-10-22(17-20)34(37)38)19-13-15-21(16-14-19)32-25(18-7-2-1-3-8-18)30-24-12-5-4-11-23(24)27(32)36/h1-17H/p+1. The molecule has 2 aromatic heterocycles. The normalized spacial score (nSPS) is 11.0. The SMILES string of the molecule is O=C(c1ccc(-n2c(-c3ccccc3)nc3ccccc3c2=O)cc1)[n+]1nc(S)sc1-c1cccc([N+](=O)[O-])c1. The fraction of sp³-hybridized carbons (Fsp3) is 0. The van der Waals surface area contributed by atoms with E-state index >= 15 is 0 Å². The van der Waals surface area contributed by atoms with Crippen molar-refractivity contribution in [2.75, 3.05) is 0 Å². The minimum atomic E-state index is -0.496. The zero-order valence-corrected chi connectivity index (χ0v) is 22.3. The highest BCUT2D eigenvalue weighted by Crippen LogP contribution is 2.28. The third kappa shape index (κ3) is 4.57. The van der Waals surface area contributed by atoms with Crippen molar-refractivity contribution in [3.05, 3.63) is 129 Å². The summed E-state index contributed by atoms with van der Waals surface area (Å²) in [5.41, 5.74) is 2.34. The van der Waals surface area contributed by atoms with E-state index in [0.29, 0.717) is 42.9 Å². The van der Waals surface area contributed by atoms with Crippen LogP contribution in [0.25, 0.3) is 38.5 Å². The van der Waals surface area contributed by atoms with E-state index in [9.17, 15) is 19.7 Å². The molecular formula is C29H18N5O4S2+. The van der Waals surface area contributed by atoms with Gasteiger partial charge >= 0.3 is 10.9 Å². The van der Waals surface area contributed by atoms with Gasteiger partial charge in [0.25, 0.3) is 11.2 Å². The smallest absolute Gasteiger partial charge is 0.268 e. The van der Waals surface area contributed by atoms with Crippen LogP contribution in [0.15, 0.2) is 112 Å². The summed E-state index contributed by atoms with van der Waals surface area (Å²) < 4.78 is 3.04. The van der Waals surface area contributed by atoms with Crippen molar-refractivity contribution in [1.29, 1.82) is 0 Å². The molecule has 4 aromatic carbocycles. The molecule has 6 aromatic rings. The Morgan fingerprint density at radius 1 is 0.900 bits per heavy atom. The van der Waals surface area contributed by atoms with Crippen LogP contribution in [-0.4, -0.2) is 25.5 Å². The lowest BCUT2D eigenvalue weighted by molar-refractivity contribution is -0.621. The first-order chi connectivity index (χ1) is 19.4. The number of carbonyl (C=O) groups excluding carboxylic acids is 1. The molecule has 0 aliphatic rings. The molecule has 194 valence electrons. The first-order valence-corrected chi connectivity index (χ1v) is 13.3. The van der Waals surface area contributed by atoms with Gasteiger partial charge in [0.1, 0.15) is 5.82 Å². The average molecular weight is 565 g/mol. The van der Waals surface area contributed by atoms with Gasteiger partial charge in [-0.05, 0) is 53.8 Å². The molecule has 0 aliphatic heterocycles. The van der Waals surface area contributed by atoms with E-state index in [2.05, 4.69) is 17.7 Å². The van der Waals surface area contributed by atoms with E-state index in [1.165, 1.54) is 21.4 Å². The van der Waals surface area contributed by atoms with Gasteiger partial charge in [-0.3, -0.25) is 19.5 Å². The van der Waals surface area contributed by atoms with Gasteiger partial charge in [0.05, 0.1) is 32.6 Å². The van der Waals surface area contributed by atoms with Gasteiger partial charge in [-0.25, -0.2) is 9.78 Å². The second-order valence-corrected chi connectivity index (χ2v) is 10.4. The number of nitrogens with zero attached hydrogens (tertiary/aromatic N) is 5. The third-order valence-electron chi connectivity index (χ3n) is 6.24. The first kappa shape index (κ1) is 25.3. The molecule has 0 N–H and O–H groups in total. The maximum Gasteiger partial charge on any atom is 0.450 e. The molecule has 0 saturated heterocycles. The van der Waals surface area contributed by atoms with Gasteiger partial charge in [0.15, 0.2) is 0 Å². The number of nitro benzene ring substituents is 1. The Kier molecular flexibility index (Phi) is 6.50. The maximum absolute atomic E-state index is 13.6. The highest BCUT2D eigenvalue weighted by molar-refractivity contribution is 7.82. The number of non-ortho nitro benzene ring substituents is 1. The van der Waals surface area contributed by atoms with Crippen LogP contribution in [0.4, 0.5) is 5.69 Å². The molecule has 9 nitrogen and oxygen atoms in total. The Morgan fingerprint density at radius 2 is 1.60 bits per heavy atom. The van der Waals surface area contributed by atoms with Crippen LogP contribution in [0.1, 0.15) is 10.4 Å². The number of nitro groups is 1. The lowest BCUT2D eigenvalue weighted by Gasteiger charge is -2.14. The van der Waals surface area contributed by atoms with Crippen LogP contribution in [0, 0.1) is 10.1 Å². The van der Waals surface area contributed by atoms with Crippen molar-refractivity contribution in [1.82, 2.24) is 14.6 Å². The average Bonchev–Trinajstić information content (AvgIpc) is 3.39. The molecule has 40 heavy (non-hydrogen) atoms. The molecule has 0 saturated carbocycles. The van der Waals surface area contributed by atoms with Crippen LogP contribution in [0.3, 0.4) is 0 Å². The molecule has 0 unspecified atom stereocenters. The van der Waals surface area contributed by atoms with Crippen molar-refractivity contribution < 1.29 is 14.4 Å². The van der Waals surface area contributed by atoms with Crippen molar-refractivity contribution in [3.63, 3.8) is 0 Å². The van der Waals surface area contributed by atoms with Crippen LogP contribution in [0.2, 0.25) is 0 Å². The summed E-state index contributed by atoms with van der Waals surface area (Å²) in [7, 11) is 0. The van der Waals surface area contributed by atoms with E-state index < -0.39 is 10.8 Å². The predicted octanol–water partition coefficient (Wildman–Crippen LogP) is 5.35. The molecule has 0 fully saturated rings. The van der Waals surface area contributed by atoms with Crippen LogP contribution in [-0.2, 0) is 0 Å². The fourth-order valence-electron chi connectivity index (χ4n) is 4.38. The van der Waals surface area contributed by atoms with Crippen molar-refractivity contribution in [3.8, 4) is 27.6 Å². The summed E-state index contributed by atoms with van der Waals surface area (Å²) in [5.74, 6) is 0.0294. The number of aromatic nitrogens is 4. The number of carbonyl (C=O) groups is 1. The summed E-state index contributed by atoms with van der Waals surface area (Å²) in [6, 6.07) is 29.1. The molecule has 2 heterocycles. The number of rotatable bonds is 5. The van der Waals surface area contributed by atoms with Gasteiger partial charge in [-0.15, -0.1) is 12.6 Å². The van der Waals surface area contributed by atoms with Crippen molar-refractivity contribution in [2.24, 2.45) is 0 Å². The minimum absolute atomic E-state index is 0.0985. The summed E-state index contributed by atoms with van der Waals surface area (Å²) in [6.07, 6.45) is 0. The zero-order chi connectivity index (χ0) is 27.8. The molecule has 0 radical (unpaired) electrons. The quantitative estimate of drug-likeness (QED) is 0.131. The Labute approximate surface area is 236 Å². The molecule has 11 heteroatoms. The Bertz CT molecular complexity index is 1990. The second-order valence-electron chi connectivity index (χ2n) is 8.72. The lowest BCUT2D eigenvalue weighted by atomic mass is 10.1. The van der Waals surface area contributed by atoms with Gasteiger partial charge in [-0.2, -0.15) is 0 Å². The van der Waals surface area contributed by atoms with Crippen LogP contribution < -0.4 is 10.2 Å². The number of hydrogen-bond acceptors (Lipinski definition) is 8. The van der Waals surface area contributed by atoms with E-state index in [4.69, 9.17) is 4.98 Å². The number of fused-ring (bicyclic) bond motifs is 1. The largest absolute Gasteiger partial charge is 0.450 e. The molecule has 0 bridgehead atoms. The van der Waals surface area contributed by atoms with Crippen molar-refractivity contribution >= 4 is 46.5 Å². The van der Waals surface area contributed by atoms with E-state index in [1.807, 2.05) is 36.4 Å². The topological polar surface area (TPSA) is 112 Å². The van der Waals surface area contributed by atoms with E-state index in [-0.39, 0.29) is 11.2 Å². The predicted molar refractivity (Wildman–Crippen MR) is 154 cm³/mol. The molecule has 6 rings (SSSR count). The van der Waals surface area contributed by atoms with Crippen LogP contribution in [0.5, 0.6) is 0 Å². The fourth-order valence-corrected chi connectivity index (χ4v) is 5.48. The summed E-state index contributed by atoms with van der Waals surface area (Å²) >= 11 is 5.44. The Balaban J connectivity index is 1.43. The Morgan fingerprint density at radius 3 is 2.35 bits per heavy atom. The number of benzene rings is 4. The Hall–Kier alpha value is -5.00. The summed E-state index contributed by atoms with van der Waals surface area (Å²) in [4.78, 5) is 42.7. The molecule has 0 amide bonds. The highest BCUT2D eigenvalue weighted by Gasteiger charge is 2.30. The highest BCUT2D eigenvalue weighted by atomic mass is 32.2. The van der Waals surface area contributed by atoms with Gasteiger partial charge in [0, 0.05) is 27.5 Å². The van der Waals surface area contributed by atoms with Gasteiger partial charge in [-0.1, -0.05) is 48.5 Å². The first-order valence-electron chi connectivity index (χ1n) is 12.0. The maximum atomic E-state index is 13.6. The van der Waals surface area contributed by atoms with Gasteiger partial charge < -0.3 is 0 Å². The van der Waals surface area contributed by atoms with Crippen molar-refractivity contribution in [2.45, 2.75) is 4.34 Å². The summed E-state index contributed by atoms with van der Waals surface area (Å²) in [5, 5.41) is 16.4. The molecule has 0 spiro atoms. The number of para-hydroxylation sites is 1.